The van der Waals surface area contributed by atoms with Crippen LogP contribution < -0.4 is 16.1 Å². The van der Waals surface area contributed by atoms with E-state index >= 15 is 0 Å². The van der Waals surface area contributed by atoms with Gasteiger partial charge in [0.15, 0.2) is 0 Å². The third-order valence-corrected chi connectivity index (χ3v) is 2.32. The molecule has 1 saturated heterocycles. The monoisotopic (exact) mass is 220 g/mol. The Balaban J connectivity index is 2.30. The van der Waals surface area contributed by atoms with Crippen LogP contribution in [0.3, 0.4) is 0 Å². The maximum atomic E-state index is 11.3. The molecular weight excluding hydrogens is 211 g/mol. The van der Waals surface area contributed by atoms with Crippen molar-refractivity contribution in [2.45, 2.75) is 6.04 Å². The molecule has 16 heavy (non-hydrogen) atoms. The highest BCUT2D eigenvalue weighted by Crippen LogP contribution is 2.14. The number of nitrogens with one attached hydrogen (secondary N) is 2. The van der Waals surface area contributed by atoms with Gasteiger partial charge in [-0.2, -0.15) is 0 Å². The summed E-state index contributed by atoms with van der Waals surface area (Å²) in [4.78, 5) is 22.3. The molecule has 3 amide bonds. The molecule has 0 aromatic heterocycles. The van der Waals surface area contributed by atoms with Crippen LogP contribution in [-0.2, 0) is 4.79 Å². The van der Waals surface area contributed by atoms with E-state index in [9.17, 15) is 9.59 Å². The van der Waals surface area contributed by atoms with Crippen molar-refractivity contribution in [2.24, 2.45) is 0 Å². The number of hydrogen-bond donors (Lipinski definition) is 4. The van der Waals surface area contributed by atoms with Crippen LogP contribution in [0.5, 0.6) is 0 Å². The average molecular weight is 220 g/mol. The molecule has 0 aliphatic carbocycles. The second-order valence-electron chi connectivity index (χ2n) is 3.44. The number of carbonyl (C=O) groups excluding carboxylic acids is 2. The molecular formula is C9H9BN2O4. The summed E-state index contributed by atoms with van der Waals surface area (Å²) in [5, 5.41) is 22.5. The average Bonchev–Trinajstić information content (AvgIpc) is 2.58. The van der Waals surface area contributed by atoms with Gasteiger partial charge in [0.1, 0.15) is 6.04 Å². The molecule has 1 aromatic carbocycles. The highest BCUT2D eigenvalue weighted by Gasteiger charge is 2.31. The summed E-state index contributed by atoms with van der Waals surface area (Å²) >= 11 is 0. The predicted molar refractivity (Wildman–Crippen MR) is 55.7 cm³/mol. The van der Waals surface area contributed by atoms with E-state index in [2.05, 4.69) is 10.6 Å². The van der Waals surface area contributed by atoms with E-state index in [0.29, 0.717) is 5.56 Å². The zero-order chi connectivity index (χ0) is 11.7. The van der Waals surface area contributed by atoms with E-state index in [1.54, 1.807) is 12.1 Å². The van der Waals surface area contributed by atoms with Crippen molar-refractivity contribution in [3.63, 3.8) is 0 Å². The van der Waals surface area contributed by atoms with E-state index in [1.807, 2.05) is 0 Å². The van der Waals surface area contributed by atoms with Gasteiger partial charge in [-0.15, -0.1) is 0 Å². The van der Waals surface area contributed by atoms with Crippen molar-refractivity contribution in [1.82, 2.24) is 10.6 Å². The number of urea groups is 1. The molecule has 4 N–H and O–H groups in total. The molecule has 1 heterocycles. The number of benzene rings is 1. The molecule has 0 bridgehead atoms. The van der Waals surface area contributed by atoms with Gasteiger partial charge in [-0.05, 0) is 11.0 Å². The van der Waals surface area contributed by atoms with Crippen molar-refractivity contribution < 1.29 is 19.6 Å². The number of imide groups is 1. The van der Waals surface area contributed by atoms with Gasteiger partial charge in [0.25, 0.3) is 5.91 Å². The number of amides is 3. The Labute approximate surface area is 91.4 Å². The van der Waals surface area contributed by atoms with Crippen molar-refractivity contribution >= 4 is 24.5 Å². The van der Waals surface area contributed by atoms with Gasteiger partial charge in [-0.1, -0.05) is 24.3 Å². The Hall–Kier alpha value is -1.86. The van der Waals surface area contributed by atoms with Crippen LogP contribution in [0.25, 0.3) is 0 Å². The fraction of sp³-hybridized carbons (Fsp3) is 0.111. The topological polar surface area (TPSA) is 98.7 Å². The minimum absolute atomic E-state index is 0.270. The van der Waals surface area contributed by atoms with Crippen LogP contribution >= 0.6 is 0 Å². The highest BCUT2D eigenvalue weighted by atomic mass is 16.4. The van der Waals surface area contributed by atoms with Gasteiger partial charge in [0.2, 0.25) is 0 Å². The second-order valence-corrected chi connectivity index (χ2v) is 3.44. The quantitative estimate of drug-likeness (QED) is 0.350. The lowest BCUT2D eigenvalue weighted by Crippen LogP contribution is -2.31. The van der Waals surface area contributed by atoms with Crippen LogP contribution in [0.15, 0.2) is 24.3 Å². The predicted octanol–water partition coefficient (Wildman–Crippen LogP) is -1.75. The smallest absolute Gasteiger partial charge is 0.423 e. The molecule has 1 aliphatic heterocycles. The van der Waals surface area contributed by atoms with Crippen molar-refractivity contribution in [3.8, 4) is 0 Å². The largest absolute Gasteiger partial charge is 0.488 e. The van der Waals surface area contributed by atoms with E-state index in [1.165, 1.54) is 12.1 Å². The van der Waals surface area contributed by atoms with Crippen LogP contribution in [0.2, 0.25) is 0 Å². The van der Waals surface area contributed by atoms with Crippen LogP contribution in [0.1, 0.15) is 11.6 Å². The van der Waals surface area contributed by atoms with Crippen molar-refractivity contribution in [1.29, 1.82) is 0 Å². The normalized spacial score (nSPS) is 19.2. The number of hydrogen-bond acceptors (Lipinski definition) is 4. The summed E-state index contributed by atoms with van der Waals surface area (Å²) in [6.07, 6.45) is 0. The Morgan fingerprint density at radius 3 is 2.56 bits per heavy atom. The molecule has 0 radical (unpaired) electrons. The summed E-state index contributed by atoms with van der Waals surface area (Å²) in [7, 11) is -1.60. The first-order valence-corrected chi connectivity index (χ1v) is 4.65. The molecule has 1 fully saturated rings. The third-order valence-electron chi connectivity index (χ3n) is 2.32. The number of carbonyl (C=O) groups is 2. The van der Waals surface area contributed by atoms with Gasteiger partial charge >= 0.3 is 13.1 Å². The minimum Gasteiger partial charge on any atom is -0.423 e. The maximum absolute atomic E-state index is 11.3. The van der Waals surface area contributed by atoms with E-state index in [-0.39, 0.29) is 5.46 Å². The first-order valence-electron chi connectivity index (χ1n) is 4.65. The molecule has 1 aliphatic rings. The zero-order valence-electron chi connectivity index (χ0n) is 8.18. The van der Waals surface area contributed by atoms with E-state index in [4.69, 9.17) is 10.0 Å². The van der Waals surface area contributed by atoms with Gasteiger partial charge in [-0.3, -0.25) is 10.1 Å². The Morgan fingerprint density at radius 2 is 2.00 bits per heavy atom. The van der Waals surface area contributed by atoms with Crippen molar-refractivity contribution in [2.75, 3.05) is 0 Å². The van der Waals surface area contributed by atoms with Crippen LogP contribution in [0, 0.1) is 0 Å². The molecule has 7 heteroatoms. The highest BCUT2D eigenvalue weighted by molar-refractivity contribution is 6.58. The van der Waals surface area contributed by atoms with E-state index in [0.717, 1.165) is 0 Å². The molecule has 82 valence electrons. The van der Waals surface area contributed by atoms with Gasteiger partial charge in [0, 0.05) is 0 Å². The minimum atomic E-state index is -1.60. The van der Waals surface area contributed by atoms with Gasteiger partial charge < -0.3 is 15.4 Å². The summed E-state index contributed by atoms with van der Waals surface area (Å²) in [5.74, 6) is -0.449. The first-order chi connectivity index (χ1) is 7.58. The Kier molecular flexibility index (Phi) is 2.63. The summed E-state index contributed by atoms with van der Waals surface area (Å²) in [5.41, 5.74) is 0.778. The summed E-state index contributed by atoms with van der Waals surface area (Å²) in [6.45, 7) is 0. The SMILES string of the molecule is O=C1NC(=O)[C@H](c2cccc(B(O)O)c2)N1. The molecule has 1 aromatic rings. The molecule has 0 spiro atoms. The van der Waals surface area contributed by atoms with Crippen LogP contribution in [0.4, 0.5) is 4.79 Å². The maximum Gasteiger partial charge on any atom is 0.488 e. The number of rotatable bonds is 2. The molecule has 0 saturated carbocycles. The lowest BCUT2D eigenvalue weighted by Gasteiger charge is -2.09. The molecule has 1 atom stereocenters. The van der Waals surface area contributed by atoms with Crippen LogP contribution in [-0.4, -0.2) is 29.1 Å². The molecule has 0 unspecified atom stereocenters. The molecule has 2 rings (SSSR count). The van der Waals surface area contributed by atoms with Gasteiger partial charge in [-0.25, -0.2) is 4.79 Å². The lowest BCUT2D eigenvalue weighted by molar-refractivity contribution is -0.120. The second kappa shape index (κ2) is 3.95. The summed E-state index contributed by atoms with van der Waals surface area (Å²) < 4.78 is 0. The zero-order valence-corrected chi connectivity index (χ0v) is 8.18. The van der Waals surface area contributed by atoms with Gasteiger partial charge in [0.05, 0.1) is 0 Å². The lowest BCUT2D eigenvalue weighted by atomic mass is 9.79. The fourth-order valence-corrected chi connectivity index (χ4v) is 1.55. The van der Waals surface area contributed by atoms with E-state index < -0.39 is 25.1 Å². The Bertz CT molecular complexity index is 449. The standard InChI is InChI=1S/C9H9BN2O4/c13-8-7(11-9(14)12-8)5-2-1-3-6(4-5)10(15)16/h1-4,7,15-16H,(H2,11,12,13,14)/t7-/m0/s1. The van der Waals surface area contributed by atoms with Crippen molar-refractivity contribution in [3.05, 3.63) is 29.8 Å². The third kappa shape index (κ3) is 1.90. The summed E-state index contributed by atoms with van der Waals surface area (Å²) in [6, 6.07) is 4.86. The molecule has 6 nitrogen and oxygen atoms in total. The first kappa shape index (κ1) is 10.7. The fourth-order valence-electron chi connectivity index (χ4n) is 1.55. The Morgan fingerprint density at radius 1 is 1.25 bits per heavy atom.